The van der Waals surface area contributed by atoms with E-state index in [2.05, 4.69) is 42.3 Å². The van der Waals surface area contributed by atoms with Crippen molar-refractivity contribution in [3.8, 4) is 0 Å². The summed E-state index contributed by atoms with van der Waals surface area (Å²) in [4.78, 5) is 25.3. The normalized spacial score (nSPS) is 16.7. The average Bonchev–Trinajstić information content (AvgIpc) is 3.26. The number of benzene rings is 1. The number of hydrogen-bond donors (Lipinski definition) is 2. The van der Waals surface area contributed by atoms with Gasteiger partial charge in [-0.15, -0.1) is 11.3 Å². The molecular formula is C23H25ClFN5O2S. The number of hydroxylamine groups is 1. The minimum atomic E-state index is -0.502. The van der Waals surface area contributed by atoms with Crippen LogP contribution in [0.25, 0.3) is 5.57 Å². The molecule has 0 fully saturated rings. The van der Waals surface area contributed by atoms with Gasteiger partial charge in [-0.25, -0.2) is 14.2 Å². The molecule has 0 radical (unpaired) electrons. The first kappa shape index (κ1) is 23.6. The van der Waals surface area contributed by atoms with Crippen molar-refractivity contribution in [2.45, 2.75) is 38.8 Å². The second-order valence-electron chi connectivity index (χ2n) is 8.96. The van der Waals surface area contributed by atoms with Gasteiger partial charge in [0.25, 0.3) is 0 Å². The van der Waals surface area contributed by atoms with E-state index in [1.54, 1.807) is 22.3 Å². The van der Waals surface area contributed by atoms with E-state index in [4.69, 9.17) is 11.6 Å². The molecule has 0 unspecified atom stereocenters. The van der Waals surface area contributed by atoms with Gasteiger partial charge in [-0.05, 0) is 40.8 Å². The zero-order chi connectivity index (χ0) is 23.8. The van der Waals surface area contributed by atoms with Gasteiger partial charge in [0, 0.05) is 22.8 Å². The highest BCUT2D eigenvalue weighted by Gasteiger charge is 2.26. The Balaban J connectivity index is 1.52. The van der Waals surface area contributed by atoms with E-state index in [0.717, 1.165) is 10.5 Å². The summed E-state index contributed by atoms with van der Waals surface area (Å²) in [5, 5.41) is 9.72. The second-order valence-corrected chi connectivity index (χ2v) is 10.5. The Labute approximate surface area is 200 Å². The summed E-state index contributed by atoms with van der Waals surface area (Å²) in [6, 6.07) is 8.06. The molecule has 0 spiro atoms. The number of nitrogens with zero attached hydrogens (tertiary/aromatic N) is 4. The van der Waals surface area contributed by atoms with Crippen LogP contribution >= 0.6 is 22.9 Å². The molecule has 1 aliphatic heterocycles. The molecule has 2 aromatic heterocycles. The Morgan fingerprint density at radius 2 is 2.09 bits per heavy atom. The molecule has 3 heterocycles. The molecular weight excluding hydrogens is 465 g/mol. The van der Waals surface area contributed by atoms with E-state index in [-0.39, 0.29) is 22.1 Å². The van der Waals surface area contributed by atoms with Crippen LogP contribution in [0.15, 0.2) is 47.5 Å². The monoisotopic (exact) mass is 489 g/mol. The summed E-state index contributed by atoms with van der Waals surface area (Å²) in [5.74, 6) is -0.219. The third-order valence-electron chi connectivity index (χ3n) is 5.48. The Hall–Kier alpha value is -2.59. The van der Waals surface area contributed by atoms with Crippen LogP contribution in [-0.2, 0) is 12.0 Å². The largest absolute Gasteiger partial charge is 0.352 e. The summed E-state index contributed by atoms with van der Waals surface area (Å²) in [6.07, 6.45) is 3.37. The van der Waals surface area contributed by atoms with Crippen LogP contribution < -0.4 is 16.1 Å². The van der Waals surface area contributed by atoms with Gasteiger partial charge >= 0.3 is 5.69 Å². The first-order chi connectivity index (χ1) is 15.7. The highest BCUT2D eigenvalue weighted by atomic mass is 35.5. The summed E-state index contributed by atoms with van der Waals surface area (Å²) in [6.45, 7) is 7.63. The van der Waals surface area contributed by atoms with Crippen molar-refractivity contribution in [1.29, 1.82) is 0 Å². The van der Waals surface area contributed by atoms with Crippen LogP contribution in [0, 0.1) is 5.82 Å². The van der Waals surface area contributed by atoms with Gasteiger partial charge in [-0.3, -0.25) is 4.57 Å². The maximum atomic E-state index is 13.5. The van der Waals surface area contributed by atoms with Gasteiger partial charge in [0.1, 0.15) is 12.1 Å². The third kappa shape index (κ3) is 5.16. The van der Waals surface area contributed by atoms with Crippen LogP contribution in [-0.4, -0.2) is 38.9 Å². The average molecular weight is 490 g/mol. The minimum absolute atomic E-state index is 0.0137. The Morgan fingerprint density at radius 3 is 2.73 bits per heavy atom. The van der Waals surface area contributed by atoms with Crippen LogP contribution in [0.3, 0.4) is 0 Å². The van der Waals surface area contributed by atoms with E-state index in [9.17, 15) is 14.4 Å². The lowest BCUT2D eigenvalue weighted by atomic mass is 9.95. The fraction of sp³-hybridized carbons (Fsp3) is 0.348. The summed E-state index contributed by atoms with van der Waals surface area (Å²) in [5.41, 5.74) is 3.42. The Bertz CT molecular complexity index is 1250. The lowest BCUT2D eigenvalue weighted by Gasteiger charge is -2.32. The number of aromatic nitrogens is 3. The van der Waals surface area contributed by atoms with Crippen LogP contribution in [0.5, 0.6) is 0 Å². The van der Waals surface area contributed by atoms with Crippen molar-refractivity contribution >= 4 is 34.5 Å². The molecule has 0 bridgehead atoms. The molecule has 4 rings (SSSR count). The van der Waals surface area contributed by atoms with Crippen molar-refractivity contribution in [3.63, 3.8) is 0 Å². The number of nitrogens with one attached hydrogen (secondary N) is 1. The SMILES string of the molecule is CC(C)(C)c1ccc(Cn2cnc(N3CC=C(c4ccc(F)c(Cl)c4)[C@@H](NO)C3)nc2=O)s1. The van der Waals surface area contributed by atoms with Crippen molar-refractivity contribution in [2.24, 2.45) is 0 Å². The summed E-state index contributed by atoms with van der Waals surface area (Å²) >= 11 is 7.59. The van der Waals surface area contributed by atoms with Crippen molar-refractivity contribution in [3.05, 3.63) is 79.4 Å². The van der Waals surface area contributed by atoms with E-state index < -0.39 is 11.9 Å². The highest BCUT2D eigenvalue weighted by Crippen LogP contribution is 2.30. The number of anilines is 1. The molecule has 1 aromatic carbocycles. The Kier molecular flexibility index (Phi) is 6.67. The molecule has 10 heteroatoms. The van der Waals surface area contributed by atoms with Gasteiger partial charge < -0.3 is 10.1 Å². The molecule has 2 N–H and O–H groups in total. The lowest BCUT2D eigenvalue weighted by Crippen LogP contribution is -2.45. The zero-order valence-electron chi connectivity index (χ0n) is 18.5. The standard InChI is InChI=1S/C23H25ClFN5O2S/c1-23(2,3)20-7-5-15(33-20)11-30-13-26-21(27-22(30)31)29-9-8-16(19(12-29)28-32)14-4-6-18(25)17(24)10-14/h4-8,10,13,19,28,32H,9,11-12H2,1-3H3/t19-/m0/s1. The van der Waals surface area contributed by atoms with E-state index in [0.29, 0.717) is 25.2 Å². The fourth-order valence-electron chi connectivity index (χ4n) is 3.66. The van der Waals surface area contributed by atoms with Gasteiger partial charge in [0.05, 0.1) is 17.6 Å². The van der Waals surface area contributed by atoms with Gasteiger partial charge in [0.15, 0.2) is 0 Å². The first-order valence-electron chi connectivity index (χ1n) is 10.5. The van der Waals surface area contributed by atoms with E-state index in [1.807, 2.05) is 12.1 Å². The maximum Gasteiger partial charge on any atom is 0.352 e. The van der Waals surface area contributed by atoms with Crippen molar-refractivity contribution < 1.29 is 9.60 Å². The predicted molar refractivity (Wildman–Crippen MR) is 129 cm³/mol. The molecule has 0 saturated carbocycles. The molecule has 174 valence electrons. The van der Waals surface area contributed by atoms with E-state index in [1.165, 1.54) is 27.9 Å². The molecule has 3 aromatic rings. The van der Waals surface area contributed by atoms with Crippen molar-refractivity contribution in [2.75, 3.05) is 18.0 Å². The first-order valence-corrected chi connectivity index (χ1v) is 11.7. The molecule has 1 aliphatic rings. The molecule has 0 aliphatic carbocycles. The summed E-state index contributed by atoms with van der Waals surface area (Å²) in [7, 11) is 0. The van der Waals surface area contributed by atoms with Gasteiger partial charge in [0.2, 0.25) is 5.95 Å². The number of hydrogen-bond acceptors (Lipinski definition) is 7. The number of rotatable bonds is 5. The number of thiophene rings is 1. The van der Waals surface area contributed by atoms with Gasteiger partial charge in [-0.2, -0.15) is 10.5 Å². The highest BCUT2D eigenvalue weighted by molar-refractivity contribution is 7.12. The fourth-order valence-corrected chi connectivity index (χ4v) is 4.90. The second kappa shape index (κ2) is 9.34. The van der Waals surface area contributed by atoms with Crippen LogP contribution in [0.4, 0.5) is 10.3 Å². The topological polar surface area (TPSA) is 83.3 Å². The smallest absolute Gasteiger partial charge is 0.335 e. The molecule has 7 nitrogen and oxygen atoms in total. The third-order valence-corrected chi connectivity index (χ3v) is 7.27. The predicted octanol–water partition coefficient (Wildman–Crippen LogP) is 4.09. The zero-order valence-corrected chi connectivity index (χ0v) is 20.1. The number of halogens is 2. The lowest BCUT2D eigenvalue weighted by molar-refractivity contribution is 0.147. The minimum Gasteiger partial charge on any atom is -0.335 e. The van der Waals surface area contributed by atoms with Crippen LogP contribution in [0.1, 0.15) is 36.1 Å². The molecule has 0 amide bonds. The maximum absolute atomic E-state index is 13.5. The van der Waals surface area contributed by atoms with Crippen LogP contribution in [0.2, 0.25) is 5.02 Å². The van der Waals surface area contributed by atoms with E-state index >= 15 is 0 Å². The van der Waals surface area contributed by atoms with Gasteiger partial charge in [-0.1, -0.05) is 44.5 Å². The summed E-state index contributed by atoms with van der Waals surface area (Å²) < 4.78 is 15.0. The van der Waals surface area contributed by atoms with Crippen molar-refractivity contribution in [1.82, 2.24) is 20.0 Å². The Morgan fingerprint density at radius 1 is 1.30 bits per heavy atom. The molecule has 1 atom stereocenters. The quantitative estimate of drug-likeness (QED) is 0.525. The molecule has 0 saturated heterocycles. The molecule has 33 heavy (non-hydrogen) atoms.